The molecule has 2 rings (SSSR count). The van der Waals surface area contributed by atoms with Crippen molar-refractivity contribution in [3.8, 4) is 0 Å². The Balaban J connectivity index is 1.55. The van der Waals surface area contributed by atoms with Crippen molar-refractivity contribution in [2.45, 2.75) is 200 Å². The molecule has 286 valence electrons. The standard InChI is InChI=1S/C45H77NO4/c1-3-5-7-9-11-13-15-17-19-20-22-24-26-28-30-34-38-50-41(39-46-44(47)42-35-31-32-36-43(42)45(46)48)40-49-37-33-29-27-25-23-21-18-16-14-12-10-8-6-4-2/h17,19,31-32,35-36,41H,3-16,18,20-30,33-34,37-40H2,1-2H3/b19-17-. The van der Waals surface area contributed by atoms with Crippen LogP contribution in [-0.4, -0.2) is 49.2 Å². The molecule has 0 saturated carbocycles. The highest BCUT2D eigenvalue weighted by molar-refractivity contribution is 6.21. The number of amides is 2. The Hall–Kier alpha value is -1.98. The summed E-state index contributed by atoms with van der Waals surface area (Å²) >= 11 is 0. The summed E-state index contributed by atoms with van der Waals surface area (Å²) in [5.74, 6) is -0.438. The molecule has 1 atom stereocenters. The second kappa shape index (κ2) is 31.7. The zero-order valence-corrected chi connectivity index (χ0v) is 32.7. The van der Waals surface area contributed by atoms with Crippen molar-refractivity contribution in [3.05, 3.63) is 47.5 Å². The van der Waals surface area contributed by atoms with E-state index in [1.54, 1.807) is 12.1 Å². The Kier molecular flexibility index (Phi) is 28.0. The molecule has 2 amide bonds. The van der Waals surface area contributed by atoms with Crippen molar-refractivity contribution >= 4 is 11.8 Å². The Morgan fingerprint density at radius 1 is 0.520 bits per heavy atom. The number of hydrogen-bond donors (Lipinski definition) is 0. The summed E-state index contributed by atoms with van der Waals surface area (Å²) in [4.78, 5) is 27.4. The predicted molar refractivity (Wildman–Crippen MR) is 212 cm³/mol. The molecule has 1 aliphatic heterocycles. The van der Waals surface area contributed by atoms with Crippen molar-refractivity contribution in [1.82, 2.24) is 4.90 Å². The van der Waals surface area contributed by atoms with Crippen molar-refractivity contribution in [1.29, 1.82) is 0 Å². The first-order valence-corrected chi connectivity index (χ1v) is 21.5. The lowest BCUT2D eigenvalue weighted by Crippen LogP contribution is -2.40. The van der Waals surface area contributed by atoms with Crippen LogP contribution in [0.25, 0.3) is 0 Å². The first-order chi connectivity index (χ1) is 24.7. The fraction of sp³-hybridized carbons (Fsp3) is 0.778. The molecule has 0 spiro atoms. The maximum absolute atomic E-state index is 13.0. The van der Waals surface area contributed by atoms with Crippen molar-refractivity contribution in [2.24, 2.45) is 0 Å². The number of fused-ring (bicyclic) bond motifs is 1. The number of hydrogen-bond acceptors (Lipinski definition) is 4. The number of carbonyl (C=O) groups is 2. The molecular formula is C45H77NO4. The zero-order chi connectivity index (χ0) is 35.7. The van der Waals surface area contributed by atoms with Gasteiger partial charge in [0.05, 0.1) is 30.4 Å². The number of ether oxygens (including phenoxy) is 2. The van der Waals surface area contributed by atoms with E-state index in [0.29, 0.717) is 30.9 Å². The number of rotatable bonds is 36. The number of unbranched alkanes of at least 4 members (excludes halogenated alkanes) is 25. The van der Waals surface area contributed by atoms with Crippen LogP contribution in [0.1, 0.15) is 214 Å². The van der Waals surface area contributed by atoms with Crippen molar-refractivity contribution < 1.29 is 19.1 Å². The highest BCUT2D eigenvalue weighted by atomic mass is 16.5. The fourth-order valence-electron chi connectivity index (χ4n) is 6.98. The number of imide groups is 1. The first-order valence-electron chi connectivity index (χ1n) is 21.5. The molecule has 0 bridgehead atoms. The minimum atomic E-state index is -0.299. The minimum Gasteiger partial charge on any atom is -0.379 e. The van der Waals surface area contributed by atoms with Crippen LogP contribution >= 0.6 is 0 Å². The van der Waals surface area contributed by atoms with E-state index in [9.17, 15) is 9.59 Å². The highest BCUT2D eigenvalue weighted by Gasteiger charge is 2.36. The summed E-state index contributed by atoms with van der Waals surface area (Å²) in [5.41, 5.74) is 0.987. The van der Waals surface area contributed by atoms with Gasteiger partial charge in [-0.2, -0.15) is 0 Å². The molecule has 50 heavy (non-hydrogen) atoms. The van der Waals surface area contributed by atoms with Gasteiger partial charge in [0.2, 0.25) is 0 Å². The van der Waals surface area contributed by atoms with Gasteiger partial charge in [0, 0.05) is 13.2 Å². The number of benzene rings is 1. The van der Waals surface area contributed by atoms with Crippen LogP contribution in [0.5, 0.6) is 0 Å². The monoisotopic (exact) mass is 696 g/mol. The summed E-state index contributed by atoms with van der Waals surface area (Å²) in [6.07, 6.45) is 41.1. The fourth-order valence-corrected chi connectivity index (χ4v) is 6.98. The molecule has 1 heterocycles. The van der Waals surface area contributed by atoms with E-state index < -0.39 is 0 Å². The molecule has 0 radical (unpaired) electrons. The molecule has 5 nitrogen and oxygen atoms in total. The summed E-state index contributed by atoms with van der Waals surface area (Å²) in [7, 11) is 0. The average Bonchev–Trinajstić information content (AvgIpc) is 3.37. The second-order valence-electron chi connectivity index (χ2n) is 14.9. The summed E-state index contributed by atoms with van der Waals surface area (Å²) in [5, 5.41) is 0. The van der Waals surface area contributed by atoms with Gasteiger partial charge in [0.15, 0.2) is 0 Å². The Bertz CT molecular complexity index is 956. The minimum absolute atomic E-state index is 0.219. The molecule has 1 aromatic rings. The molecule has 0 aromatic heterocycles. The lowest BCUT2D eigenvalue weighted by molar-refractivity contribution is -0.0286. The molecule has 5 heteroatoms. The van der Waals surface area contributed by atoms with Gasteiger partial charge < -0.3 is 9.47 Å². The van der Waals surface area contributed by atoms with Crippen LogP contribution in [0, 0.1) is 0 Å². The molecular weight excluding hydrogens is 618 g/mol. The third kappa shape index (κ3) is 21.4. The van der Waals surface area contributed by atoms with Crippen molar-refractivity contribution in [3.63, 3.8) is 0 Å². The first kappa shape index (κ1) is 44.2. The second-order valence-corrected chi connectivity index (χ2v) is 14.9. The largest absolute Gasteiger partial charge is 0.379 e. The zero-order valence-electron chi connectivity index (χ0n) is 32.7. The quantitative estimate of drug-likeness (QED) is 0.0398. The van der Waals surface area contributed by atoms with Gasteiger partial charge in [0.1, 0.15) is 0 Å². The molecule has 1 aliphatic rings. The Morgan fingerprint density at radius 2 is 0.900 bits per heavy atom. The van der Waals surface area contributed by atoms with E-state index in [2.05, 4.69) is 26.0 Å². The molecule has 0 aliphatic carbocycles. The van der Waals surface area contributed by atoms with Crippen LogP contribution < -0.4 is 0 Å². The summed E-state index contributed by atoms with van der Waals surface area (Å²) < 4.78 is 12.3. The third-order valence-corrected chi connectivity index (χ3v) is 10.2. The van der Waals surface area contributed by atoms with Gasteiger partial charge in [-0.15, -0.1) is 0 Å². The maximum atomic E-state index is 13.0. The molecule has 0 saturated heterocycles. The van der Waals surface area contributed by atoms with Crippen LogP contribution in [0.3, 0.4) is 0 Å². The van der Waals surface area contributed by atoms with Crippen LogP contribution in [0.2, 0.25) is 0 Å². The highest BCUT2D eigenvalue weighted by Crippen LogP contribution is 2.23. The van der Waals surface area contributed by atoms with E-state index >= 15 is 0 Å². The lowest BCUT2D eigenvalue weighted by Gasteiger charge is -2.23. The third-order valence-electron chi connectivity index (χ3n) is 10.2. The van der Waals surface area contributed by atoms with Crippen LogP contribution in [-0.2, 0) is 9.47 Å². The van der Waals surface area contributed by atoms with Gasteiger partial charge in [-0.05, 0) is 50.7 Å². The predicted octanol–water partition coefficient (Wildman–Crippen LogP) is 13.2. The van der Waals surface area contributed by atoms with Crippen LogP contribution in [0.15, 0.2) is 36.4 Å². The van der Waals surface area contributed by atoms with Gasteiger partial charge >= 0.3 is 0 Å². The van der Waals surface area contributed by atoms with E-state index in [1.807, 2.05) is 12.1 Å². The van der Waals surface area contributed by atoms with E-state index in [1.165, 1.54) is 165 Å². The van der Waals surface area contributed by atoms with E-state index in [-0.39, 0.29) is 24.5 Å². The normalized spacial score (nSPS) is 13.6. The summed E-state index contributed by atoms with van der Waals surface area (Å²) in [6.45, 7) is 6.56. The Labute approximate surface area is 308 Å². The van der Waals surface area contributed by atoms with Gasteiger partial charge in [-0.1, -0.05) is 179 Å². The smallest absolute Gasteiger partial charge is 0.261 e. The Morgan fingerprint density at radius 3 is 1.34 bits per heavy atom. The van der Waals surface area contributed by atoms with Gasteiger partial charge in [0.25, 0.3) is 11.8 Å². The number of nitrogens with zero attached hydrogens (tertiary/aromatic N) is 1. The SMILES string of the molecule is CCCCCCCC/C=C\CCCCCCCCOC(COCCCCCCCCCCCCCCCC)CN1C(=O)c2ccccc2C1=O. The van der Waals surface area contributed by atoms with Crippen LogP contribution in [0.4, 0.5) is 0 Å². The molecule has 0 N–H and O–H groups in total. The number of allylic oxidation sites excluding steroid dienone is 2. The van der Waals surface area contributed by atoms with Crippen molar-refractivity contribution in [2.75, 3.05) is 26.4 Å². The van der Waals surface area contributed by atoms with Gasteiger partial charge in [-0.3, -0.25) is 14.5 Å². The molecule has 1 unspecified atom stereocenters. The van der Waals surface area contributed by atoms with E-state index in [4.69, 9.17) is 9.47 Å². The summed E-state index contributed by atoms with van der Waals surface area (Å²) in [6, 6.07) is 7.11. The van der Waals surface area contributed by atoms with Gasteiger partial charge in [-0.25, -0.2) is 0 Å². The molecule has 0 fully saturated rings. The lowest BCUT2D eigenvalue weighted by atomic mass is 10.0. The topological polar surface area (TPSA) is 55.8 Å². The maximum Gasteiger partial charge on any atom is 0.261 e. The molecule has 1 aromatic carbocycles. The number of carbonyl (C=O) groups excluding carboxylic acids is 2. The van der Waals surface area contributed by atoms with E-state index in [0.717, 1.165) is 19.3 Å². The average molecular weight is 696 g/mol.